The van der Waals surface area contributed by atoms with E-state index in [1.807, 2.05) is 30.3 Å². The van der Waals surface area contributed by atoms with Crippen LogP contribution in [0.3, 0.4) is 0 Å². The molecular weight excluding hydrogens is 250 g/mol. The Morgan fingerprint density at radius 2 is 2.10 bits per heavy atom. The number of carbonyl (C=O) groups excluding carboxylic acids is 1. The molecule has 1 saturated heterocycles. The number of amides is 1. The van der Waals surface area contributed by atoms with Crippen molar-refractivity contribution < 1.29 is 4.79 Å². The van der Waals surface area contributed by atoms with Gasteiger partial charge in [-0.3, -0.25) is 4.79 Å². The predicted molar refractivity (Wildman–Crippen MR) is 83.1 cm³/mol. The van der Waals surface area contributed by atoms with Gasteiger partial charge in [-0.05, 0) is 49.7 Å². The molecule has 3 N–H and O–H groups in total. The molecule has 2 atom stereocenters. The van der Waals surface area contributed by atoms with Crippen LogP contribution in [0.5, 0.6) is 0 Å². The van der Waals surface area contributed by atoms with Gasteiger partial charge in [-0.2, -0.15) is 0 Å². The van der Waals surface area contributed by atoms with Gasteiger partial charge in [0, 0.05) is 24.4 Å². The van der Waals surface area contributed by atoms with E-state index in [0.717, 1.165) is 30.8 Å². The Kier molecular flexibility index (Phi) is 4.79. The van der Waals surface area contributed by atoms with Gasteiger partial charge in [0.2, 0.25) is 5.91 Å². The largest absolute Gasteiger partial charge is 0.399 e. The van der Waals surface area contributed by atoms with Crippen LogP contribution in [0.4, 0.5) is 5.69 Å². The fraction of sp³-hybridized carbons (Fsp3) is 0.438. The van der Waals surface area contributed by atoms with Crippen LogP contribution >= 0.6 is 0 Å². The van der Waals surface area contributed by atoms with E-state index in [4.69, 9.17) is 5.73 Å². The molecule has 4 heteroatoms. The van der Waals surface area contributed by atoms with Crippen molar-refractivity contribution >= 4 is 17.7 Å². The molecule has 20 heavy (non-hydrogen) atoms. The van der Waals surface area contributed by atoms with Crippen molar-refractivity contribution in [2.24, 2.45) is 5.92 Å². The van der Waals surface area contributed by atoms with E-state index in [0.29, 0.717) is 5.92 Å². The Hall–Kier alpha value is -1.81. The van der Waals surface area contributed by atoms with E-state index in [1.165, 1.54) is 0 Å². The Bertz CT molecular complexity index is 481. The number of carbonyl (C=O) groups is 1. The van der Waals surface area contributed by atoms with Crippen molar-refractivity contribution in [2.45, 2.75) is 19.4 Å². The van der Waals surface area contributed by atoms with Gasteiger partial charge >= 0.3 is 0 Å². The second-order valence-electron chi connectivity index (χ2n) is 5.64. The molecule has 1 aliphatic heterocycles. The third-order valence-corrected chi connectivity index (χ3v) is 3.80. The van der Waals surface area contributed by atoms with Gasteiger partial charge in [-0.1, -0.05) is 19.1 Å². The van der Waals surface area contributed by atoms with Gasteiger partial charge in [-0.25, -0.2) is 0 Å². The molecule has 1 aromatic rings. The molecule has 0 radical (unpaired) electrons. The summed E-state index contributed by atoms with van der Waals surface area (Å²) in [6.45, 7) is 4.26. The van der Waals surface area contributed by atoms with E-state index >= 15 is 0 Å². The van der Waals surface area contributed by atoms with Crippen LogP contribution in [0.2, 0.25) is 0 Å². The van der Waals surface area contributed by atoms with Crippen LogP contribution in [-0.4, -0.2) is 37.0 Å². The summed E-state index contributed by atoms with van der Waals surface area (Å²) in [7, 11) is 2.12. The van der Waals surface area contributed by atoms with Gasteiger partial charge in [0.15, 0.2) is 0 Å². The molecule has 2 unspecified atom stereocenters. The zero-order chi connectivity index (χ0) is 14.5. The van der Waals surface area contributed by atoms with Crippen LogP contribution < -0.4 is 11.1 Å². The van der Waals surface area contributed by atoms with Crippen molar-refractivity contribution in [2.75, 3.05) is 25.9 Å². The minimum atomic E-state index is -0.0248. The molecule has 0 aromatic heterocycles. The topological polar surface area (TPSA) is 58.4 Å². The highest BCUT2D eigenvalue weighted by Gasteiger charge is 2.24. The number of piperidine rings is 1. The first-order valence-corrected chi connectivity index (χ1v) is 7.07. The summed E-state index contributed by atoms with van der Waals surface area (Å²) in [4.78, 5) is 14.2. The Balaban J connectivity index is 1.87. The number of rotatable bonds is 3. The van der Waals surface area contributed by atoms with Crippen LogP contribution in [0.1, 0.15) is 18.9 Å². The van der Waals surface area contributed by atoms with Crippen LogP contribution in [-0.2, 0) is 4.79 Å². The first-order chi connectivity index (χ1) is 9.54. The highest BCUT2D eigenvalue weighted by molar-refractivity contribution is 5.91. The Labute approximate surface area is 120 Å². The van der Waals surface area contributed by atoms with Crippen molar-refractivity contribution in [3.05, 3.63) is 35.9 Å². The normalized spacial score (nSPS) is 23.9. The third-order valence-electron chi connectivity index (χ3n) is 3.80. The van der Waals surface area contributed by atoms with E-state index < -0.39 is 0 Å². The summed E-state index contributed by atoms with van der Waals surface area (Å²) in [5.41, 5.74) is 7.33. The number of anilines is 1. The fourth-order valence-electron chi connectivity index (χ4n) is 2.58. The van der Waals surface area contributed by atoms with Crippen LogP contribution in [0, 0.1) is 5.92 Å². The monoisotopic (exact) mass is 273 g/mol. The molecule has 0 bridgehead atoms. The van der Waals surface area contributed by atoms with Gasteiger partial charge < -0.3 is 16.0 Å². The molecule has 1 aliphatic rings. The SMILES string of the molecule is CC1CN(C)CCC1NC(=O)/C=C/c1ccc(N)cc1. The lowest BCUT2D eigenvalue weighted by molar-refractivity contribution is -0.117. The first kappa shape index (κ1) is 14.6. The lowest BCUT2D eigenvalue weighted by atomic mass is 9.94. The summed E-state index contributed by atoms with van der Waals surface area (Å²) in [5, 5.41) is 3.09. The van der Waals surface area contributed by atoms with Crippen molar-refractivity contribution in [3.8, 4) is 0 Å². The number of nitrogens with one attached hydrogen (secondary N) is 1. The van der Waals surface area contributed by atoms with E-state index in [2.05, 4.69) is 24.2 Å². The van der Waals surface area contributed by atoms with Gasteiger partial charge in [-0.15, -0.1) is 0 Å². The standard InChI is InChI=1S/C16H23N3O/c1-12-11-19(2)10-9-15(12)18-16(20)8-5-13-3-6-14(17)7-4-13/h3-8,12,15H,9-11,17H2,1-2H3,(H,18,20)/b8-5+. The van der Waals surface area contributed by atoms with Crippen molar-refractivity contribution in [3.63, 3.8) is 0 Å². The number of nitrogens with zero attached hydrogens (tertiary/aromatic N) is 1. The molecule has 0 spiro atoms. The maximum atomic E-state index is 11.9. The highest BCUT2D eigenvalue weighted by Crippen LogP contribution is 2.15. The minimum Gasteiger partial charge on any atom is -0.399 e. The number of hydrogen-bond donors (Lipinski definition) is 2. The van der Waals surface area contributed by atoms with E-state index in [-0.39, 0.29) is 11.9 Å². The van der Waals surface area contributed by atoms with Crippen molar-refractivity contribution in [1.29, 1.82) is 0 Å². The highest BCUT2D eigenvalue weighted by atomic mass is 16.1. The quantitative estimate of drug-likeness (QED) is 0.651. The van der Waals surface area contributed by atoms with E-state index in [9.17, 15) is 4.79 Å². The van der Waals surface area contributed by atoms with Crippen LogP contribution in [0.25, 0.3) is 6.08 Å². The summed E-state index contributed by atoms with van der Waals surface area (Å²) in [6.07, 6.45) is 4.42. The fourth-order valence-corrected chi connectivity index (χ4v) is 2.58. The number of hydrogen-bond acceptors (Lipinski definition) is 3. The van der Waals surface area contributed by atoms with E-state index in [1.54, 1.807) is 6.08 Å². The molecule has 1 heterocycles. The average Bonchev–Trinajstić information content (AvgIpc) is 2.41. The summed E-state index contributed by atoms with van der Waals surface area (Å²) < 4.78 is 0. The summed E-state index contributed by atoms with van der Waals surface area (Å²) in [6, 6.07) is 7.73. The van der Waals surface area contributed by atoms with Gasteiger partial charge in [0.25, 0.3) is 0 Å². The zero-order valence-corrected chi connectivity index (χ0v) is 12.2. The average molecular weight is 273 g/mol. The predicted octanol–water partition coefficient (Wildman–Crippen LogP) is 1.74. The number of nitrogens with two attached hydrogens (primary N) is 1. The molecule has 4 nitrogen and oxygen atoms in total. The number of benzene rings is 1. The molecule has 1 aromatic carbocycles. The lowest BCUT2D eigenvalue weighted by Gasteiger charge is -2.34. The Morgan fingerprint density at radius 1 is 1.40 bits per heavy atom. The van der Waals surface area contributed by atoms with Gasteiger partial charge in [0.05, 0.1) is 0 Å². The first-order valence-electron chi connectivity index (χ1n) is 7.07. The van der Waals surface area contributed by atoms with Gasteiger partial charge in [0.1, 0.15) is 0 Å². The second-order valence-corrected chi connectivity index (χ2v) is 5.64. The molecule has 1 amide bonds. The zero-order valence-electron chi connectivity index (χ0n) is 12.2. The van der Waals surface area contributed by atoms with Crippen LogP contribution in [0.15, 0.2) is 30.3 Å². The molecule has 0 saturated carbocycles. The number of likely N-dealkylation sites (tertiary alicyclic amines) is 1. The maximum absolute atomic E-state index is 11.9. The summed E-state index contributed by atoms with van der Waals surface area (Å²) >= 11 is 0. The maximum Gasteiger partial charge on any atom is 0.244 e. The molecular formula is C16H23N3O. The minimum absolute atomic E-state index is 0.0248. The smallest absolute Gasteiger partial charge is 0.244 e. The summed E-state index contributed by atoms with van der Waals surface area (Å²) in [5.74, 6) is 0.464. The van der Waals surface area contributed by atoms with Crippen molar-refractivity contribution in [1.82, 2.24) is 10.2 Å². The second kappa shape index (κ2) is 6.57. The molecule has 108 valence electrons. The lowest BCUT2D eigenvalue weighted by Crippen LogP contribution is -2.48. The Morgan fingerprint density at radius 3 is 2.75 bits per heavy atom. The molecule has 1 fully saturated rings. The number of nitrogen functional groups attached to an aromatic ring is 1. The molecule has 2 rings (SSSR count). The third kappa shape index (κ3) is 4.10. The molecule has 0 aliphatic carbocycles.